The number of aliphatic hydroxyl groups excluding tert-OH is 4. The molecule has 0 rings (SSSR count). The maximum Gasteiger partial charge on any atom is 0.108 e. The lowest BCUT2D eigenvalue weighted by atomic mass is 10.0. The minimum atomic E-state index is -1.52. The van der Waals surface area contributed by atoms with Gasteiger partial charge in [0, 0.05) is 4.91 Å². The first-order chi connectivity index (χ1) is 6.00. The van der Waals surface area contributed by atoms with Gasteiger partial charge in [-0.2, -0.15) is 0 Å². The Morgan fingerprint density at radius 1 is 1.23 bits per heavy atom. The zero-order valence-electron chi connectivity index (χ0n) is 7.15. The molecule has 0 spiro atoms. The predicted octanol–water partition coefficient (Wildman–Crippen LogP) is -1.24. The average molecular weight is 191 g/mol. The average Bonchev–Trinajstić information content (AvgIpc) is 2.11. The standard InChI is InChI=1S/C6H13N3O4/c1-3(10)5(12)6(13)4(11)2-8-9-7/h3-6,10-13H,2H2,1H3/t3-,4+,5+,6-/m1/s1. The van der Waals surface area contributed by atoms with Crippen molar-refractivity contribution in [2.75, 3.05) is 6.54 Å². The van der Waals surface area contributed by atoms with E-state index in [4.69, 9.17) is 26.0 Å². The Labute approximate surface area is 74.9 Å². The largest absolute Gasteiger partial charge is 0.391 e. The van der Waals surface area contributed by atoms with Crippen LogP contribution in [0, 0.1) is 0 Å². The van der Waals surface area contributed by atoms with Gasteiger partial charge < -0.3 is 20.4 Å². The van der Waals surface area contributed by atoms with E-state index >= 15 is 0 Å². The van der Waals surface area contributed by atoms with Crippen molar-refractivity contribution in [1.29, 1.82) is 0 Å². The third-order valence-electron chi connectivity index (χ3n) is 1.57. The van der Waals surface area contributed by atoms with E-state index in [1.54, 1.807) is 0 Å². The van der Waals surface area contributed by atoms with Crippen LogP contribution in [0.5, 0.6) is 0 Å². The summed E-state index contributed by atoms with van der Waals surface area (Å²) in [6.45, 7) is 0.926. The summed E-state index contributed by atoms with van der Waals surface area (Å²) < 4.78 is 0. The van der Waals surface area contributed by atoms with Crippen LogP contribution in [-0.4, -0.2) is 51.4 Å². The molecule has 0 amide bonds. The van der Waals surface area contributed by atoms with E-state index in [9.17, 15) is 0 Å². The quantitative estimate of drug-likeness (QED) is 0.246. The lowest BCUT2D eigenvalue weighted by Crippen LogP contribution is -2.44. The van der Waals surface area contributed by atoms with Crippen LogP contribution in [0.25, 0.3) is 10.4 Å². The Hall–Kier alpha value is -0.850. The van der Waals surface area contributed by atoms with E-state index in [2.05, 4.69) is 10.0 Å². The molecule has 0 bridgehead atoms. The molecule has 0 radical (unpaired) electrons. The van der Waals surface area contributed by atoms with Gasteiger partial charge in [-0.1, -0.05) is 5.11 Å². The molecule has 4 N–H and O–H groups in total. The van der Waals surface area contributed by atoms with Crippen molar-refractivity contribution in [3.05, 3.63) is 10.4 Å². The molecule has 0 saturated carbocycles. The first kappa shape index (κ1) is 12.2. The van der Waals surface area contributed by atoms with Crippen LogP contribution in [0.3, 0.4) is 0 Å². The molecule has 0 aliphatic heterocycles. The summed E-state index contributed by atoms with van der Waals surface area (Å²) in [5.74, 6) is 0. The third-order valence-corrected chi connectivity index (χ3v) is 1.57. The van der Waals surface area contributed by atoms with E-state index in [1.807, 2.05) is 0 Å². The minimum absolute atomic E-state index is 0.346. The van der Waals surface area contributed by atoms with Crippen molar-refractivity contribution < 1.29 is 20.4 Å². The van der Waals surface area contributed by atoms with Crippen molar-refractivity contribution in [2.24, 2.45) is 5.11 Å². The fraction of sp³-hybridized carbons (Fsp3) is 1.00. The molecule has 7 nitrogen and oxygen atoms in total. The van der Waals surface area contributed by atoms with Crippen LogP contribution in [0.2, 0.25) is 0 Å². The summed E-state index contributed by atoms with van der Waals surface area (Å²) in [5.41, 5.74) is 7.90. The molecule has 0 aromatic carbocycles. The molecular formula is C6H13N3O4. The van der Waals surface area contributed by atoms with Crippen LogP contribution in [0.1, 0.15) is 6.92 Å². The molecule has 0 aromatic heterocycles. The number of aliphatic hydroxyl groups is 4. The molecule has 0 unspecified atom stereocenters. The second-order valence-corrected chi connectivity index (χ2v) is 2.70. The summed E-state index contributed by atoms with van der Waals surface area (Å²) >= 11 is 0. The molecule has 76 valence electrons. The minimum Gasteiger partial charge on any atom is -0.391 e. The normalized spacial score (nSPS) is 19.8. The molecule has 0 aliphatic rings. The Balaban J connectivity index is 4.07. The van der Waals surface area contributed by atoms with Crippen molar-refractivity contribution >= 4 is 0 Å². The predicted molar refractivity (Wildman–Crippen MR) is 43.7 cm³/mol. The summed E-state index contributed by atoms with van der Waals surface area (Å²) in [5, 5.41) is 39.1. The molecule has 4 atom stereocenters. The van der Waals surface area contributed by atoms with Crippen LogP contribution in [0.4, 0.5) is 0 Å². The first-order valence-electron chi connectivity index (χ1n) is 3.73. The lowest BCUT2D eigenvalue weighted by molar-refractivity contribution is -0.0968. The van der Waals surface area contributed by atoms with E-state index in [0.717, 1.165) is 0 Å². The zero-order valence-corrected chi connectivity index (χ0v) is 7.15. The van der Waals surface area contributed by atoms with Gasteiger partial charge in [-0.3, -0.25) is 0 Å². The van der Waals surface area contributed by atoms with Gasteiger partial charge >= 0.3 is 0 Å². The van der Waals surface area contributed by atoms with Crippen LogP contribution < -0.4 is 0 Å². The molecular weight excluding hydrogens is 178 g/mol. The smallest absolute Gasteiger partial charge is 0.108 e. The molecule has 0 aromatic rings. The SMILES string of the molecule is C[C@@H](O)[C@H](O)[C@H](O)[C@@H](O)CN=[N+]=[N-]. The number of hydrogen-bond donors (Lipinski definition) is 4. The monoisotopic (exact) mass is 191 g/mol. The maximum atomic E-state index is 9.14. The number of nitrogens with zero attached hydrogens (tertiary/aromatic N) is 3. The Morgan fingerprint density at radius 2 is 1.77 bits per heavy atom. The summed E-state index contributed by atoms with van der Waals surface area (Å²) in [6.07, 6.45) is -5.51. The highest BCUT2D eigenvalue weighted by molar-refractivity contribution is 4.79. The molecule has 0 heterocycles. The van der Waals surface area contributed by atoms with Gasteiger partial charge in [0.05, 0.1) is 18.8 Å². The molecule has 13 heavy (non-hydrogen) atoms. The molecule has 0 saturated heterocycles. The van der Waals surface area contributed by atoms with Gasteiger partial charge in [-0.25, -0.2) is 0 Å². The number of azide groups is 1. The zero-order chi connectivity index (χ0) is 10.4. The Bertz CT molecular complexity index is 192. The molecule has 0 fully saturated rings. The summed E-state index contributed by atoms with van der Waals surface area (Å²) in [4.78, 5) is 2.37. The number of hydrogen-bond acceptors (Lipinski definition) is 5. The Kier molecular flexibility index (Phi) is 5.36. The fourth-order valence-electron chi connectivity index (χ4n) is 0.741. The van der Waals surface area contributed by atoms with Crippen LogP contribution >= 0.6 is 0 Å². The summed E-state index contributed by atoms with van der Waals surface area (Å²) in [7, 11) is 0. The lowest BCUT2D eigenvalue weighted by Gasteiger charge is -2.23. The van der Waals surface area contributed by atoms with E-state index in [-0.39, 0.29) is 6.54 Å². The van der Waals surface area contributed by atoms with Crippen LogP contribution in [-0.2, 0) is 0 Å². The van der Waals surface area contributed by atoms with Crippen molar-refractivity contribution in [2.45, 2.75) is 31.3 Å². The molecule has 0 aliphatic carbocycles. The van der Waals surface area contributed by atoms with Gasteiger partial charge in [0.15, 0.2) is 0 Å². The second-order valence-electron chi connectivity index (χ2n) is 2.70. The van der Waals surface area contributed by atoms with E-state index < -0.39 is 24.4 Å². The highest BCUT2D eigenvalue weighted by Crippen LogP contribution is 2.04. The van der Waals surface area contributed by atoms with Crippen molar-refractivity contribution in [3.63, 3.8) is 0 Å². The van der Waals surface area contributed by atoms with Gasteiger partial charge in [0.2, 0.25) is 0 Å². The topological polar surface area (TPSA) is 130 Å². The van der Waals surface area contributed by atoms with Gasteiger partial charge in [-0.15, -0.1) is 0 Å². The highest BCUT2D eigenvalue weighted by atomic mass is 16.4. The number of rotatable bonds is 5. The highest BCUT2D eigenvalue weighted by Gasteiger charge is 2.27. The van der Waals surface area contributed by atoms with Crippen molar-refractivity contribution in [3.8, 4) is 0 Å². The van der Waals surface area contributed by atoms with Gasteiger partial charge in [0.25, 0.3) is 0 Å². The Morgan fingerprint density at radius 3 is 2.15 bits per heavy atom. The second kappa shape index (κ2) is 5.74. The van der Waals surface area contributed by atoms with Gasteiger partial charge in [-0.05, 0) is 12.5 Å². The third kappa shape index (κ3) is 4.07. The fourth-order valence-corrected chi connectivity index (χ4v) is 0.741. The van der Waals surface area contributed by atoms with Crippen molar-refractivity contribution in [1.82, 2.24) is 0 Å². The maximum absolute atomic E-state index is 9.14. The molecule has 7 heteroatoms. The van der Waals surface area contributed by atoms with E-state index in [0.29, 0.717) is 0 Å². The van der Waals surface area contributed by atoms with Gasteiger partial charge in [0.1, 0.15) is 12.2 Å². The van der Waals surface area contributed by atoms with Crippen LogP contribution in [0.15, 0.2) is 5.11 Å². The summed E-state index contributed by atoms with van der Waals surface area (Å²) in [6, 6.07) is 0. The first-order valence-corrected chi connectivity index (χ1v) is 3.73. The van der Waals surface area contributed by atoms with E-state index in [1.165, 1.54) is 6.92 Å².